The summed E-state index contributed by atoms with van der Waals surface area (Å²) in [6.07, 6.45) is 12.8. The molecule has 0 saturated carbocycles. The monoisotopic (exact) mass is 378 g/mol. The normalized spacial score (nSPS) is 21.4. The average molecular weight is 379 g/mol. The highest BCUT2D eigenvalue weighted by molar-refractivity contribution is 5.54. The SMILES string of the molecule is C[n+]1ccn2c1C1c3ccccc3C2CC1(c1ccoc1)c1ccoc1.[Cl-]. The number of rotatable bonds is 2. The second-order valence-corrected chi connectivity index (χ2v) is 7.45. The molecule has 1 aromatic carbocycles. The number of furan rings is 2. The molecule has 0 spiro atoms. The molecule has 1 aliphatic carbocycles. The molecule has 3 aliphatic rings. The molecule has 7 rings (SSSR count). The number of halogens is 1. The largest absolute Gasteiger partial charge is 1.00 e. The smallest absolute Gasteiger partial charge is 0.265 e. The fraction of sp³-hybridized carbons (Fsp3) is 0.227. The topological polar surface area (TPSA) is 35.1 Å². The lowest BCUT2D eigenvalue weighted by Gasteiger charge is -2.49. The third-order valence-electron chi connectivity index (χ3n) is 6.42. The summed E-state index contributed by atoms with van der Waals surface area (Å²) in [5, 5.41) is 0. The van der Waals surface area contributed by atoms with Crippen molar-refractivity contribution in [1.29, 1.82) is 0 Å². The van der Waals surface area contributed by atoms with Crippen LogP contribution in [0.1, 0.15) is 46.5 Å². The highest BCUT2D eigenvalue weighted by Crippen LogP contribution is 2.61. The van der Waals surface area contributed by atoms with E-state index in [4.69, 9.17) is 8.83 Å². The van der Waals surface area contributed by atoms with Crippen molar-refractivity contribution in [2.75, 3.05) is 0 Å². The Hall–Kier alpha value is -2.72. The highest BCUT2D eigenvalue weighted by Gasteiger charge is 2.60. The first kappa shape index (κ1) is 16.5. The van der Waals surface area contributed by atoms with Gasteiger partial charge in [-0.2, -0.15) is 0 Å². The van der Waals surface area contributed by atoms with Gasteiger partial charge >= 0.3 is 0 Å². The number of nitrogens with zero attached hydrogens (tertiary/aromatic N) is 2. The number of aromatic nitrogens is 2. The molecule has 5 heterocycles. The number of aryl methyl sites for hydroxylation is 1. The zero-order valence-electron chi connectivity index (χ0n) is 14.9. The van der Waals surface area contributed by atoms with E-state index in [0.717, 1.165) is 6.42 Å². The van der Waals surface area contributed by atoms with Crippen LogP contribution in [0.4, 0.5) is 0 Å². The van der Waals surface area contributed by atoms with Crippen molar-refractivity contribution in [1.82, 2.24) is 4.57 Å². The Bertz CT molecular complexity index is 1060. The molecular weight excluding hydrogens is 360 g/mol. The lowest BCUT2D eigenvalue weighted by molar-refractivity contribution is -0.681. The Balaban J connectivity index is 0.00000160. The molecule has 5 heteroatoms. The van der Waals surface area contributed by atoms with Gasteiger partial charge in [-0.05, 0) is 17.7 Å². The summed E-state index contributed by atoms with van der Waals surface area (Å²) in [7, 11) is 2.14. The number of imidazole rings is 1. The standard InChI is InChI=1S/C22H19N2O2.ClH/c1-23-8-9-24-19-12-22(15-6-10-25-13-15,16-7-11-26-14-16)20(21(23)24)18-5-3-2-4-17(18)19;/h2-11,13-14,19-20H,12H2,1H3;1H/q+1;/p-1. The maximum Gasteiger partial charge on any atom is 0.265 e. The molecule has 2 unspecified atom stereocenters. The number of hydrogen-bond acceptors (Lipinski definition) is 2. The molecule has 2 atom stereocenters. The second-order valence-electron chi connectivity index (χ2n) is 7.45. The molecule has 27 heavy (non-hydrogen) atoms. The van der Waals surface area contributed by atoms with Crippen LogP contribution in [0.2, 0.25) is 0 Å². The minimum Gasteiger partial charge on any atom is -1.00 e. The fourth-order valence-corrected chi connectivity index (χ4v) is 5.38. The third kappa shape index (κ3) is 1.91. The fourth-order valence-electron chi connectivity index (χ4n) is 5.38. The van der Waals surface area contributed by atoms with Crippen molar-refractivity contribution in [2.24, 2.45) is 7.05 Å². The summed E-state index contributed by atoms with van der Waals surface area (Å²) in [4.78, 5) is 0. The molecule has 0 N–H and O–H groups in total. The van der Waals surface area contributed by atoms with Crippen molar-refractivity contribution < 1.29 is 25.8 Å². The van der Waals surface area contributed by atoms with Crippen LogP contribution in [0.3, 0.4) is 0 Å². The van der Waals surface area contributed by atoms with Crippen molar-refractivity contribution in [3.05, 3.63) is 102 Å². The first-order valence-corrected chi connectivity index (χ1v) is 9.01. The second kappa shape index (κ2) is 5.64. The minimum absolute atomic E-state index is 0. The maximum atomic E-state index is 5.54. The van der Waals surface area contributed by atoms with Gasteiger partial charge in [0.25, 0.3) is 5.82 Å². The first-order valence-electron chi connectivity index (χ1n) is 9.01. The van der Waals surface area contributed by atoms with E-state index in [1.807, 2.05) is 12.5 Å². The van der Waals surface area contributed by atoms with E-state index in [1.54, 1.807) is 12.5 Å². The molecule has 3 aromatic heterocycles. The lowest BCUT2D eigenvalue weighted by Crippen LogP contribution is -3.00. The van der Waals surface area contributed by atoms with Crippen LogP contribution in [0.5, 0.6) is 0 Å². The zero-order chi connectivity index (χ0) is 17.3. The summed E-state index contributed by atoms with van der Waals surface area (Å²) in [5.41, 5.74) is 5.09. The van der Waals surface area contributed by atoms with E-state index in [0.29, 0.717) is 6.04 Å². The molecule has 2 bridgehead atoms. The van der Waals surface area contributed by atoms with Crippen molar-refractivity contribution in [3.63, 3.8) is 0 Å². The van der Waals surface area contributed by atoms with Crippen LogP contribution in [0.25, 0.3) is 0 Å². The van der Waals surface area contributed by atoms with Gasteiger partial charge in [0.2, 0.25) is 0 Å². The Morgan fingerprint density at radius 1 is 1.00 bits per heavy atom. The summed E-state index contributed by atoms with van der Waals surface area (Å²) < 4.78 is 15.8. The van der Waals surface area contributed by atoms with Gasteiger partial charge < -0.3 is 21.2 Å². The lowest BCUT2D eigenvalue weighted by atomic mass is 9.55. The van der Waals surface area contributed by atoms with Crippen LogP contribution < -0.4 is 17.0 Å². The van der Waals surface area contributed by atoms with Crippen molar-refractivity contribution >= 4 is 0 Å². The average Bonchev–Trinajstić information content (AvgIpc) is 3.44. The van der Waals surface area contributed by atoms with E-state index < -0.39 is 0 Å². The molecule has 136 valence electrons. The molecule has 0 saturated heterocycles. The van der Waals surface area contributed by atoms with Crippen LogP contribution in [0, 0.1) is 0 Å². The molecule has 2 aliphatic heterocycles. The molecule has 0 fully saturated rings. The van der Waals surface area contributed by atoms with Gasteiger partial charge in [-0.25, -0.2) is 9.13 Å². The molecule has 4 nitrogen and oxygen atoms in total. The van der Waals surface area contributed by atoms with E-state index in [9.17, 15) is 0 Å². The van der Waals surface area contributed by atoms with Crippen LogP contribution in [-0.2, 0) is 12.5 Å². The summed E-state index contributed by atoms with van der Waals surface area (Å²) in [6.45, 7) is 0. The predicted octanol–water partition coefficient (Wildman–Crippen LogP) is 0.927. The highest BCUT2D eigenvalue weighted by atomic mass is 35.5. The Morgan fingerprint density at radius 2 is 1.67 bits per heavy atom. The Morgan fingerprint density at radius 3 is 2.30 bits per heavy atom. The molecule has 0 amide bonds. The van der Waals surface area contributed by atoms with E-state index in [1.165, 1.54) is 28.1 Å². The molecule has 0 radical (unpaired) electrons. The van der Waals surface area contributed by atoms with Gasteiger partial charge in [0, 0.05) is 28.5 Å². The summed E-state index contributed by atoms with van der Waals surface area (Å²) >= 11 is 0. The quantitative estimate of drug-likeness (QED) is 0.486. The third-order valence-corrected chi connectivity index (χ3v) is 6.42. The molecular formula is C22H19ClN2O2. The van der Waals surface area contributed by atoms with Crippen molar-refractivity contribution in [3.8, 4) is 0 Å². The molecule has 4 aromatic rings. The van der Waals surface area contributed by atoms with Gasteiger partial charge in [-0.1, -0.05) is 24.3 Å². The number of fused-ring (bicyclic) bond motifs is 1. The Labute approximate surface area is 163 Å². The predicted molar refractivity (Wildman–Crippen MR) is 94.8 cm³/mol. The number of benzene rings is 1. The van der Waals surface area contributed by atoms with E-state index in [-0.39, 0.29) is 23.7 Å². The van der Waals surface area contributed by atoms with Gasteiger partial charge in [0.1, 0.15) is 24.4 Å². The van der Waals surface area contributed by atoms with Gasteiger partial charge in [0.15, 0.2) is 0 Å². The minimum atomic E-state index is -0.189. The first-order chi connectivity index (χ1) is 12.8. The Kier molecular flexibility index (Phi) is 3.43. The summed E-state index contributed by atoms with van der Waals surface area (Å²) in [5.74, 6) is 1.54. The van der Waals surface area contributed by atoms with Crippen LogP contribution in [-0.4, -0.2) is 4.57 Å². The van der Waals surface area contributed by atoms with E-state index >= 15 is 0 Å². The maximum absolute atomic E-state index is 5.54. The van der Waals surface area contributed by atoms with E-state index in [2.05, 4.69) is 65.0 Å². The number of hydrogen-bond donors (Lipinski definition) is 0. The van der Waals surface area contributed by atoms with Gasteiger partial charge in [-0.3, -0.25) is 0 Å². The van der Waals surface area contributed by atoms with Gasteiger partial charge in [-0.15, -0.1) is 0 Å². The van der Waals surface area contributed by atoms with Crippen molar-refractivity contribution in [2.45, 2.75) is 23.8 Å². The van der Waals surface area contributed by atoms with Crippen LogP contribution >= 0.6 is 0 Å². The zero-order valence-corrected chi connectivity index (χ0v) is 15.6. The van der Waals surface area contributed by atoms with Gasteiger partial charge in [0.05, 0.1) is 32.1 Å². The summed E-state index contributed by atoms with van der Waals surface area (Å²) in [6, 6.07) is 13.4. The van der Waals surface area contributed by atoms with Crippen LogP contribution in [0.15, 0.2) is 82.7 Å².